The van der Waals surface area contributed by atoms with Crippen molar-refractivity contribution >= 4 is 17.5 Å². The Kier molecular flexibility index (Phi) is 5.29. The summed E-state index contributed by atoms with van der Waals surface area (Å²) in [5, 5.41) is 18.3. The van der Waals surface area contributed by atoms with Gasteiger partial charge < -0.3 is 15.4 Å². The number of nitrogens with zero attached hydrogens (tertiary/aromatic N) is 5. The number of rotatable bonds is 6. The average Bonchev–Trinajstić information content (AvgIpc) is 3.51. The molecule has 1 aliphatic carbocycles. The van der Waals surface area contributed by atoms with Crippen LogP contribution in [0.3, 0.4) is 0 Å². The highest BCUT2D eigenvalue weighted by Gasteiger charge is 2.20. The number of fused-ring (bicyclic) bond motifs is 1. The maximum Gasteiger partial charge on any atom is 0.326 e. The van der Waals surface area contributed by atoms with Crippen LogP contribution in [0.4, 0.5) is 10.2 Å². The summed E-state index contributed by atoms with van der Waals surface area (Å²) >= 11 is 0. The summed E-state index contributed by atoms with van der Waals surface area (Å²) in [5.74, 6) is -0.0731. The van der Waals surface area contributed by atoms with Crippen LogP contribution >= 0.6 is 0 Å². The van der Waals surface area contributed by atoms with Crippen molar-refractivity contribution in [3.63, 3.8) is 0 Å². The number of anilines is 1. The molecule has 1 aliphatic rings. The average molecular weight is 484 g/mol. The SMILES string of the molecule is O=c1[nH]c(O)c(/C=c2/cnn3c(=NC4CC4)cc(NCc4cc(F)ccc4-c4cccnc4)nc23)[nH]1. The maximum atomic E-state index is 14.1. The van der Waals surface area contributed by atoms with E-state index in [1.54, 1.807) is 41.3 Å². The maximum absolute atomic E-state index is 14.1. The number of aromatic hydroxyl groups is 1. The third kappa shape index (κ3) is 4.33. The second kappa shape index (κ2) is 8.77. The van der Waals surface area contributed by atoms with E-state index in [1.807, 2.05) is 12.1 Å². The topological polar surface area (TPSA) is 136 Å². The summed E-state index contributed by atoms with van der Waals surface area (Å²) in [6.07, 6.45) is 8.64. The van der Waals surface area contributed by atoms with Crippen LogP contribution in [0, 0.1) is 5.82 Å². The number of H-pyrrole nitrogens is 2. The predicted octanol–water partition coefficient (Wildman–Crippen LogP) is 1.88. The molecule has 6 rings (SSSR count). The Labute approximate surface area is 202 Å². The lowest BCUT2D eigenvalue weighted by atomic mass is 10.0. The number of halogens is 1. The molecule has 1 aromatic carbocycles. The van der Waals surface area contributed by atoms with E-state index in [0.29, 0.717) is 28.7 Å². The quantitative estimate of drug-likeness (QED) is 0.291. The van der Waals surface area contributed by atoms with Gasteiger partial charge in [0.1, 0.15) is 17.3 Å². The first-order valence-electron chi connectivity index (χ1n) is 11.4. The first kappa shape index (κ1) is 21.7. The number of pyridine rings is 1. The highest BCUT2D eigenvalue weighted by Crippen LogP contribution is 2.25. The highest BCUT2D eigenvalue weighted by molar-refractivity contribution is 5.67. The molecule has 0 aliphatic heterocycles. The zero-order chi connectivity index (χ0) is 24.6. The van der Waals surface area contributed by atoms with Gasteiger partial charge in [0.15, 0.2) is 11.1 Å². The lowest BCUT2D eigenvalue weighted by Crippen LogP contribution is -2.20. The molecule has 11 heteroatoms. The van der Waals surface area contributed by atoms with Crippen LogP contribution in [0.15, 0.2) is 64.8 Å². The number of nitrogens with one attached hydrogen (secondary N) is 3. The van der Waals surface area contributed by atoms with E-state index < -0.39 is 5.69 Å². The van der Waals surface area contributed by atoms with Gasteiger partial charge in [-0.3, -0.25) is 15.0 Å². The van der Waals surface area contributed by atoms with E-state index in [4.69, 9.17) is 9.98 Å². The third-order valence-electron chi connectivity index (χ3n) is 5.88. The zero-order valence-corrected chi connectivity index (χ0v) is 18.9. The fraction of sp³-hybridized carbons (Fsp3) is 0.160. The van der Waals surface area contributed by atoms with E-state index in [9.17, 15) is 14.3 Å². The molecular formula is C25H21FN8O2. The van der Waals surface area contributed by atoms with Gasteiger partial charge in [-0.15, -0.1) is 0 Å². The van der Waals surface area contributed by atoms with Crippen molar-refractivity contribution in [3.05, 3.63) is 93.3 Å². The summed E-state index contributed by atoms with van der Waals surface area (Å²) in [6.45, 7) is 0.313. The Morgan fingerprint density at radius 1 is 1.22 bits per heavy atom. The standard InChI is InChI=1S/C25H21FN8O2/c26-17-3-6-19(14-2-1-7-27-11-14)15(8-17)12-28-21-10-22(30-18-4-5-18)34-23(32-21)16(13-29-34)9-20-24(35)33-25(36)31-20/h1-3,6-11,13,18,28,35H,4-5,12H2,(H2,31,33,36)/b16-9-,30-22?. The van der Waals surface area contributed by atoms with Crippen molar-refractivity contribution < 1.29 is 9.50 Å². The van der Waals surface area contributed by atoms with Crippen molar-refractivity contribution in [1.82, 2.24) is 29.5 Å². The van der Waals surface area contributed by atoms with Crippen molar-refractivity contribution in [2.75, 3.05) is 5.32 Å². The largest absolute Gasteiger partial charge is 0.493 e. The molecule has 0 radical (unpaired) electrons. The highest BCUT2D eigenvalue weighted by atomic mass is 19.1. The fourth-order valence-corrected chi connectivity index (χ4v) is 3.98. The number of imidazole rings is 1. The summed E-state index contributed by atoms with van der Waals surface area (Å²) < 4.78 is 15.8. The Hall–Kier alpha value is -4.80. The Morgan fingerprint density at radius 2 is 2.11 bits per heavy atom. The molecule has 4 aromatic heterocycles. The predicted molar refractivity (Wildman–Crippen MR) is 130 cm³/mol. The molecule has 0 unspecified atom stereocenters. The van der Waals surface area contributed by atoms with Gasteiger partial charge in [0.25, 0.3) is 0 Å². The molecule has 5 aromatic rings. The van der Waals surface area contributed by atoms with Gasteiger partial charge in [-0.2, -0.15) is 9.61 Å². The Bertz CT molecular complexity index is 1750. The Balaban J connectivity index is 1.41. The second-order valence-corrected chi connectivity index (χ2v) is 8.58. The van der Waals surface area contributed by atoms with Crippen molar-refractivity contribution in [2.24, 2.45) is 4.99 Å². The van der Waals surface area contributed by atoms with Gasteiger partial charge >= 0.3 is 5.69 Å². The van der Waals surface area contributed by atoms with E-state index in [2.05, 4.69) is 25.4 Å². The number of aromatic nitrogens is 6. The third-order valence-corrected chi connectivity index (χ3v) is 5.88. The van der Waals surface area contributed by atoms with E-state index in [1.165, 1.54) is 12.1 Å². The molecule has 4 N–H and O–H groups in total. The van der Waals surface area contributed by atoms with Gasteiger partial charge in [0, 0.05) is 35.8 Å². The monoisotopic (exact) mass is 484 g/mol. The number of benzene rings is 1. The first-order valence-corrected chi connectivity index (χ1v) is 11.4. The zero-order valence-electron chi connectivity index (χ0n) is 18.9. The molecule has 0 saturated heterocycles. The van der Waals surface area contributed by atoms with Gasteiger partial charge in [-0.05, 0) is 48.2 Å². The smallest absolute Gasteiger partial charge is 0.326 e. The van der Waals surface area contributed by atoms with E-state index in [-0.39, 0.29) is 23.4 Å². The molecule has 0 atom stereocenters. The lowest BCUT2D eigenvalue weighted by Gasteiger charge is -2.12. The fourth-order valence-electron chi connectivity index (χ4n) is 3.98. The van der Waals surface area contributed by atoms with Gasteiger partial charge in [-0.25, -0.2) is 14.2 Å². The van der Waals surface area contributed by atoms with Crippen molar-refractivity contribution in [1.29, 1.82) is 0 Å². The lowest BCUT2D eigenvalue weighted by molar-refractivity contribution is 0.454. The molecule has 180 valence electrons. The molecule has 0 amide bonds. The molecule has 36 heavy (non-hydrogen) atoms. The molecule has 0 bridgehead atoms. The van der Waals surface area contributed by atoms with Gasteiger partial charge in [0.2, 0.25) is 5.88 Å². The number of hydrogen-bond donors (Lipinski definition) is 4. The summed E-state index contributed by atoms with van der Waals surface area (Å²) in [4.78, 5) is 30.0. The molecule has 10 nitrogen and oxygen atoms in total. The summed E-state index contributed by atoms with van der Waals surface area (Å²) in [7, 11) is 0. The van der Waals surface area contributed by atoms with Crippen LogP contribution < -0.4 is 21.7 Å². The van der Waals surface area contributed by atoms with Crippen molar-refractivity contribution in [2.45, 2.75) is 25.4 Å². The molecule has 4 heterocycles. The normalized spacial score (nSPS) is 14.6. The summed E-state index contributed by atoms with van der Waals surface area (Å²) in [5.41, 5.74) is 3.32. The molecular weight excluding hydrogens is 463 g/mol. The van der Waals surface area contributed by atoms with Crippen LogP contribution in [-0.2, 0) is 6.54 Å². The Morgan fingerprint density at radius 3 is 2.86 bits per heavy atom. The molecule has 0 spiro atoms. The minimum Gasteiger partial charge on any atom is -0.493 e. The van der Waals surface area contributed by atoms with Crippen molar-refractivity contribution in [3.8, 4) is 17.0 Å². The summed E-state index contributed by atoms with van der Waals surface area (Å²) in [6, 6.07) is 10.5. The van der Waals surface area contributed by atoms with E-state index >= 15 is 0 Å². The van der Waals surface area contributed by atoms with Crippen LogP contribution in [0.2, 0.25) is 0 Å². The van der Waals surface area contributed by atoms with E-state index in [0.717, 1.165) is 29.5 Å². The number of hydrogen-bond acceptors (Lipinski definition) is 7. The first-order chi connectivity index (χ1) is 17.5. The van der Waals surface area contributed by atoms with Gasteiger partial charge in [-0.1, -0.05) is 12.1 Å². The van der Waals surface area contributed by atoms with Gasteiger partial charge in [0.05, 0.1) is 12.2 Å². The molecule has 1 saturated carbocycles. The van der Waals surface area contributed by atoms with Crippen LogP contribution in [0.25, 0.3) is 22.9 Å². The van der Waals surface area contributed by atoms with Crippen LogP contribution in [-0.4, -0.2) is 40.7 Å². The minimum absolute atomic E-state index is 0.219. The second-order valence-electron chi connectivity index (χ2n) is 8.58. The van der Waals surface area contributed by atoms with Crippen LogP contribution in [0.5, 0.6) is 5.88 Å². The molecule has 1 fully saturated rings. The minimum atomic E-state index is -0.519. The number of aromatic amines is 2. The van der Waals surface area contributed by atoms with Crippen LogP contribution in [0.1, 0.15) is 24.1 Å².